The first-order chi connectivity index (χ1) is 9.53. The molecule has 0 aromatic carbocycles. The fourth-order valence-electron chi connectivity index (χ4n) is 1.50. The van der Waals surface area contributed by atoms with E-state index in [0.717, 1.165) is 0 Å². The molecule has 0 fully saturated rings. The van der Waals surface area contributed by atoms with E-state index in [1.54, 1.807) is 18.3 Å². The molecule has 0 unspecified atom stereocenters. The molecule has 2 aromatic heterocycles. The third-order valence-corrected chi connectivity index (χ3v) is 4.02. The molecular formula is C12H13ClN4O2S. The van der Waals surface area contributed by atoms with Gasteiger partial charge in [-0.2, -0.15) is 0 Å². The quantitative estimate of drug-likeness (QED) is 0.885. The normalized spacial score (nSPS) is 11.1. The van der Waals surface area contributed by atoms with Gasteiger partial charge < -0.3 is 5.32 Å². The maximum absolute atomic E-state index is 12.2. The van der Waals surface area contributed by atoms with Gasteiger partial charge in [0.25, 0.3) is 10.0 Å². The van der Waals surface area contributed by atoms with Gasteiger partial charge in [-0.15, -0.1) is 0 Å². The van der Waals surface area contributed by atoms with Crippen molar-refractivity contribution in [2.45, 2.75) is 11.8 Å². The first-order valence-corrected chi connectivity index (χ1v) is 7.71. The van der Waals surface area contributed by atoms with Crippen LogP contribution in [0.2, 0.25) is 5.02 Å². The van der Waals surface area contributed by atoms with E-state index in [2.05, 4.69) is 20.0 Å². The first kappa shape index (κ1) is 14.5. The van der Waals surface area contributed by atoms with Crippen LogP contribution in [0.3, 0.4) is 0 Å². The first-order valence-electron chi connectivity index (χ1n) is 5.85. The summed E-state index contributed by atoms with van der Waals surface area (Å²) in [6, 6.07) is 4.59. The Hall–Kier alpha value is -1.86. The van der Waals surface area contributed by atoms with Gasteiger partial charge in [-0.1, -0.05) is 11.6 Å². The number of hydrogen-bond donors (Lipinski definition) is 2. The molecule has 0 radical (unpaired) electrons. The van der Waals surface area contributed by atoms with E-state index in [-0.39, 0.29) is 9.92 Å². The second kappa shape index (κ2) is 6.06. The molecule has 0 atom stereocenters. The van der Waals surface area contributed by atoms with Crippen molar-refractivity contribution in [2.24, 2.45) is 0 Å². The molecule has 0 aliphatic carbocycles. The van der Waals surface area contributed by atoms with E-state index in [4.69, 9.17) is 11.6 Å². The molecule has 8 heteroatoms. The van der Waals surface area contributed by atoms with Crippen LogP contribution in [0.4, 0.5) is 11.5 Å². The van der Waals surface area contributed by atoms with Gasteiger partial charge in [0.05, 0.1) is 16.9 Å². The van der Waals surface area contributed by atoms with Crippen molar-refractivity contribution in [3.05, 3.63) is 41.8 Å². The van der Waals surface area contributed by atoms with Gasteiger partial charge in [0.2, 0.25) is 0 Å². The summed E-state index contributed by atoms with van der Waals surface area (Å²) in [4.78, 5) is 7.83. The summed E-state index contributed by atoms with van der Waals surface area (Å²) in [5, 5.41) is 3.19. The number of hydrogen-bond acceptors (Lipinski definition) is 5. The largest absolute Gasteiger partial charge is 0.369 e. The van der Waals surface area contributed by atoms with Crippen LogP contribution < -0.4 is 10.0 Å². The monoisotopic (exact) mass is 312 g/mol. The number of rotatable bonds is 5. The highest BCUT2D eigenvalue weighted by Gasteiger charge is 2.16. The summed E-state index contributed by atoms with van der Waals surface area (Å²) >= 11 is 5.99. The summed E-state index contributed by atoms with van der Waals surface area (Å²) in [7, 11) is -3.73. The molecule has 2 aromatic rings. The molecule has 0 spiro atoms. The van der Waals surface area contributed by atoms with E-state index >= 15 is 0 Å². The van der Waals surface area contributed by atoms with Crippen molar-refractivity contribution >= 4 is 33.1 Å². The van der Waals surface area contributed by atoms with Crippen molar-refractivity contribution in [3.63, 3.8) is 0 Å². The van der Waals surface area contributed by atoms with Gasteiger partial charge in [-0.25, -0.2) is 13.4 Å². The summed E-state index contributed by atoms with van der Waals surface area (Å²) in [5.41, 5.74) is 0.374. The van der Waals surface area contributed by atoms with E-state index in [1.807, 2.05) is 6.92 Å². The van der Waals surface area contributed by atoms with Crippen LogP contribution in [0, 0.1) is 0 Å². The zero-order valence-electron chi connectivity index (χ0n) is 10.7. The van der Waals surface area contributed by atoms with Gasteiger partial charge in [-0.3, -0.25) is 9.71 Å². The lowest BCUT2D eigenvalue weighted by Gasteiger charge is -2.09. The molecule has 0 aliphatic heterocycles. The molecule has 0 aliphatic rings. The summed E-state index contributed by atoms with van der Waals surface area (Å²) in [5.74, 6) is 0.453. The van der Waals surface area contributed by atoms with Crippen LogP contribution in [0.25, 0.3) is 0 Å². The van der Waals surface area contributed by atoms with Gasteiger partial charge in [0.15, 0.2) is 0 Å². The Morgan fingerprint density at radius 3 is 2.75 bits per heavy atom. The Morgan fingerprint density at radius 2 is 2.15 bits per heavy atom. The van der Waals surface area contributed by atoms with E-state index < -0.39 is 10.0 Å². The Bertz CT molecular complexity index is 692. The van der Waals surface area contributed by atoms with Crippen molar-refractivity contribution < 1.29 is 8.42 Å². The highest BCUT2D eigenvalue weighted by molar-refractivity contribution is 7.92. The Balaban J connectivity index is 2.28. The summed E-state index contributed by atoms with van der Waals surface area (Å²) < 4.78 is 26.7. The molecule has 0 saturated heterocycles. The van der Waals surface area contributed by atoms with Crippen LogP contribution in [0.15, 0.2) is 41.7 Å². The topological polar surface area (TPSA) is 84.0 Å². The fourth-order valence-corrected chi connectivity index (χ4v) is 2.81. The van der Waals surface area contributed by atoms with Crippen LogP contribution in [0.5, 0.6) is 0 Å². The number of halogens is 1. The van der Waals surface area contributed by atoms with Crippen LogP contribution in [-0.4, -0.2) is 24.9 Å². The van der Waals surface area contributed by atoms with Crippen LogP contribution >= 0.6 is 11.6 Å². The maximum Gasteiger partial charge on any atom is 0.263 e. The van der Waals surface area contributed by atoms with Gasteiger partial charge in [-0.05, 0) is 25.1 Å². The van der Waals surface area contributed by atoms with Crippen molar-refractivity contribution in [1.29, 1.82) is 0 Å². The maximum atomic E-state index is 12.2. The molecule has 6 nitrogen and oxygen atoms in total. The molecule has 2 rings (SSSR count). The third kappa shape index (κ3) is 3.37. The Labute approximate surface area is 122 Å². The minimum Gasteiger partial charge on any atom is -0.369 e. The second-order valence-electron chi connectivity index (χ2n) is 3.88. The van der Waals surface area contributed by atoms with Crippen molar-refractivity contribution in [3.8, 4) is 0 Å². The SMILES string of the molecule is CCNc1ncc(S(=O)(=O)Nc2cccnc2)cc1Cl. The van der Waals surface area contributed by atoms with Crippen molar-refractivity contribution in [1.82, 2.24) is 9.97 Å². The Morgan fingerprint density at radius 1 is 1.35 bits per heavy atom. The van der Waals surface area contributed by atoms with Crippen LogP contribution in [0.1, 0.15) is 6.92 Å². The minimum absolute atomic E-state index is 0.00648. The molecular weight excluding hydrogens is 300 g/mol. The third-order valence-electron chi connectivity index (χ3n) is 2.38. The Kier molecular flexibility index (Phi) is 4.41. The molecule has 20 heavy (non-hydrogen) atoms. The molecule has 106 valence electrons. The lowest BCUT2D eigenvalue weighted by molar-refractivity contribution is 0.601. The smallest absolute Gasteiger partial charge is 0.263 e. The van der Waals surface area contributed by atoms with E-state index in [9.17, 15) is 8.42 Å². The van der Waals surface area contributed by atoms with Gasteiger partial charge in [0, 0.05) is 18.9 Å². The number of anilines is 2. The molecule has 0 bridgehead atoms. The highest BCUT2D eigenvalue weighted by atomic mass is 35.5. The average Bonchev–Trinajstić information content (AvgIpc) is 2.42. The predicted molar refractivity (Wildman–Crippen MR) is 78.5 cm³/mol. The minimum atomic E-state index is -3.73. The molecule has 0 saturated carbocycles. The number of nitrogens with one attached hydrogen (secondary N) is 2. The highest BCUT2D eigenvalue weighted by Crippen LogP contribution is 2.23. The average molecular weight is 313 g/mol. The zero-order valence-corrected chi connectivity index (χ0v) is 12.2. The second-order valence-corrected chi connectivity index (χ2v) is 5.97. The van der Waals surface area contributed by atoms with Crippen LogP contribution in [-0.2, 0) is 10.0 Å². The number of sulfonamides is 1. The number of aromatic nitrogens is 2. The van der Waals surface area contributed by atoms with Crippen molar-refractivity contribution in [2.75, 3.05) is 16.6 Å². The molecule has 0 amide bonds. The lowest BCUT2D eigenvalue weighted by Crippen LogP contribution is -2.14. The molecule has 2 heterocycles. The standard InChI is InChI=1S/C12H13ClN4O2S/c1-2-15-12-11(13)6-10(8-16-12)20(18,19)17-9-4-3-5-14-7-9/h3-8,17H,2H2,1H3,(H,15,16). The lowest BCUT2D eigenvalue weighted by atomic mass is 10.4. The van der Waals surface area contributed by atoms with Gasteiger partial charge >= 0.3 is 0 Å². The number of pyridine rings is 2. The molecule has 2 N–H and O–H groups in total. The zero-order chi connectivity index (χ0) is 14.6. The summed E-state index contributed by atoms with van der Waals surface area (Å²) in [6.45, 7) is 2.54. The van der Waals surface area contributed by atoms with E-state index in [1.165, 1.54) is 18.5 Å². The fraction of sp³-hybridized carbons (Fsp3) is 0.167. The summed E-state index contributed by atoms with van der Waals surface area (Å²) in [6.07, 6.45) is 4.23. The number of nitrogens with zero attached hydrogens (tertiary/aromatic N) is 2. The predicted octanol–water partition coefficient (Wildman–Crippen LogP) is 2.36. The van der Waals surface area contributed by atoms with Gasteiger partial charge in [0.1, 0.15) is 10.7 Å². The van der Waals surface area contributed by atoms with E-state index in [0.29, 0.717) is 18.1 Å².